The first-order valence-corrected chi connectivity index (χ1v) is 11.6. The maximum absolute atomic E-state index is 13.0. The molecule has 2 aromatic carbocycles. The topological polar surface area (TPSA) is 102 Å². The van der Waals surface area contributed by atoms with E-state index in [9.17, 15) is 4.79 Å². The molecule has 3 heterocycles. The molecule has 1 saturated heterocycles. The van der Waals surface area contributed by atoms with Crippen LogP contribution in [0.25, 0.3) is 17.1 Å². The molecule has 0 atom stereocenters. The van der Waals surface area contributed by atoms with Gasteiger partial charge < -0.3 is 14.2 Å². The minimum Gasteiger partial charge on any atom is -0.497 e. The Hall–Kier alpha value is -3.76. The Balaban J connectivity index is 1.18. The van der Waals surface area contributed by atoms with Crippen molar-refractivity contribution in [3.8, 4) is 22.8 Å². The predicted molar refractivity (Wildman–Crippen MR) is 129 cm³/mol. The Labute approximate surface area is 207 Å². The average Bonchev–Trinajstić information content (AvgIpc) is 3.51. The number of carbonyl (C=O) groups is 1. The molecule has 0 bridgehead atoms. The molecule has 2 aromatic heterocycles. The fraction of sp³-hybridized carbons (Fsp3) is 0.292. The summed E-state index contributed by atoms with van der Waals surface area (Å²) in [6.45, 7) is 4.83. The summed E-state index contributed by atoms with van der Waals surface area (Å²) in [5, 5.41) is 9.15. The smallest absolute Gasteiger partial charge is 0.293 e. The summed E-state index contributed by atoms with van der Waals surface area (Å²) in [7, 11) is 1.63. The molecule has 180 valence electrons. The number of hydrogen-bond donors (Lipinski definition) is 0. The number of amides is 1. The summed E-state index contributed by atoms with van der Waals surface area (Å²) in [4.78, 5) is 25.9. The highest BCUT2D eigenvalue weighted by atomic mass is 35.5. The van der Waals surface area contributed by atoms with Crippen molar-refractivity contribution >= 4 is 17.5 Å². The molecule has 1 aliphatic heterocycles. The molecule has 0 unspecified atom stereocenters. The summed E-state index contributed by atoms with van der Waals surface area (Å²) in [5.41, 5.74) is 1.66. The maximum atomic E-state index is 13.0. The summed E-state index contributed by atoms with van der Waals surface area (Å²) in [6, 6.07) is 14.7. The van der Waals surface area contributed by atoms with E-state index in [1.807, 2.05) is 43.3 Å². The molecule has 4 aromatic rings. The molecule has 5 rings (SSSR count). The lowest BCUT2D eigenvalue weighted by atomic mass is 10.2. The number of benzene rings is 2. The number of aromatic nitrogens is 5. The molecule has 10 nitrogen and oxygen atoms in total. The zero-order valence-corrected chi connectivity index (χ0v) is 20.1. The van der Waals surface area contributed by atoms with Crippen LogP contribution < -0.4 is 4.74 Å². The van der Waals surface area contributed by atoms with Gasteiger partial charge in [0.1, 0.15) is 11.6 Å². The Morgan fingerprint density at radius 1 is 1.03 bits per heavy atom. The van der Waals surface area contributed by atoms with E-state index >= 15 is 0 Å². The molecule has 1 aliphatic rings. The lowest BCUT2D eigenvalue weighted by Crippen LogP contribution is -2.48. The SMILES string of the molecule is COc1ccc(-c2noc(CN3CCN(C(=O)c4nc(C)n(-c5ccc(Cl)cc5)n4)CC3)n2)cc1. The molecule has 0 N–H and O–H groups in total. The first-order chi connectivity index (χ1) is 17.0. The summed E-state index contributed by atoms with van der Waals surface area (Å²) in [5.74, 6) is 2.49. The molecule has 0 saturated carbocycles. The first-order valence-electron chi connectivity index (χ1n) is 11.2. The summed E-state index contributed by atoms with van der Waals surface area (Å²) < 4.78 is 12.3. The predicted octanol–water partition coefficient (Wildman–Crippen LogP) is 3.25. The minimum absolute atomic E-state index is 0.181. The maximum Gasteiger partial charge on any atom is 0.293 e. The third kappa shape index (κ3) is 5.03. The Bertz CT molecular complexity index is 1310. The molecule has 11 heteroatoms. The highest BCUT2D eigenvalue weighted by Crippen LogP contribution is 2.20. The van der Waals surface area contributed by atoms with Crippen LogP contribution in [0, 0.1) is 6.92 Å². The largest absolute Gasteiger partial charge is 0.497 e. The monoisotopic (exact) mass is 493 g/mol. The zero-order valence-electron chi connectivity index (χ0n) is 19.4. The van der Waals surface area contributed by atoms with Crippen LogP contribution in [0.3, 0.4) is 0 Å². The molecular formula is C24H24ClN7O3. The first kappa shape index (κ1) is 23.0. The van der Waals surface area contributed by atoms with Crippen LogP contribution >= 0.6 is 11.6 Å². The minimum atomic E-state index is -0.181. The number of hydrogen-bond acceptors (Lipinski definition) is 8. The summed E-state index contributed by atoms with van der Waals surface area (Å²) >= 11 is 5.97. The van der Waals surface area contributed by atoms with Crippen LogP contribution in [0.15, 0.2) is 53.1 Å². The normalized spacial score (nSPS) is 14.3. The Morgan fingerprint density at radius 2 is 1.74 bits per heavy atom. The molecule has 1 fully saturated rings. The second-order valence-electron chi connectivity index (χ2n) is 8.18. The number of piperazine rings is 1. The fourth-order valence-electron chi connectivity index (χ4n) is 3.93. The van der Waals surface area contributed by atoms with Gasteiger partial charge in [-0.1, -0.05) is 16.8 Å². The van der Waals surface area contributed by atoms with E-state index in [1.54, 1.807) is 28.8 Å². The van der Waals surface area contributed by atoms with Gasteiger partial charge in [0.2, 0.25) is 17.5 Å². The van der Waals surface area contributed by atoms with Crippen molar-refractivity contribution in [1.29, 1.82) is 0 Å². The molecule has 0 radical (unpaired) electrons. The third-order valence-corrected chi connectivity index (χ3v) is 6.12. The van der Waals surface area contributed by atoms with E-state index in [0.717, 1.165) is 17.0 Å². The van der Waals surface area contributed by atoms with Crippen molar-refractivity contribution in [2.75, 3.05) is 33.3 Å². The van der Waals surface area contributed by atoms with Gasteiger partial charge in [0.15, 0.2) is 0 Å². The quantitative estimate of drug-likeness (QED) is 0.403. The van der Waals surface area contributed by atoms with Gasteiger partial charge in [-0.25, -0.2) is 9.67 Å². The van der Waals surface area contributed by atoms with Crippen molar-refractivity contribution < 1.29 is 14.1 Å². The van der Waals surface area contributed by atoms with Gasteiger partial charge in [0.05, 0.1) is 19.3 Å². The number of methoxy groups -OCH3 is 1. The molecular weight excluding hydrogens is 470 g/mol. The van der Waals surface area contributed by atoms with E-state index in [-0.39, 0.29) is 11.7 Å². The zero-order chi connectivity index (χ0) is 24.4. The fourth-order valence-corrected chi connectivity index (χ4v) is 4.05. The van der Waals surface area contributed by atoms with Crippen LogP contribution in [0.1, 0.15) is 22.3 Å². The van der Waals surface area contributed by atoms with Crippen LogP contribution in [-0.4, -0.2) is 73.9 Å². The van der Waals surface area contributed by atoms with Gasteiger partial charge in [-0.3, -0.25) is 9.69 Å². The third-order valence-electron chi connectivity index (χ3n) is 5.87. The van der Waals surface area contributed by atoms with Gasteiger partial charge in [-0.2, -0.15) is 4.98 Å². The van der Waals surface area contributed by atoms with Crippen molar-refractivity contribution in [1.82, 2.24) is 34.7 Å². The lowest BCUT2D eigenvalue weighted by molar-refractivity contribution is 0.0603. The second-order valence-corrected chi connectivity index (χ2v) is 8.62. The van der Waals surface area contributed by atoms with Crippen molar-refractivity contribution in [2.24, 2.45) is 0 Å². The number of aryl methyl sites for hydroxylation is 1. The standard InChI is InChI=1S/C24H24ClN7O3/c1-16-26-23(28-32(16)19-7-5-18(25)6-8-19)24(33)31-13-11-30(12-14-31)15-21-27-22(29-35-21)17-3-9-20(34-2)10-4-17/h3-10H,11-15H2,1-2H3. The lowest BCUT2D eigenvalue weighted by Gasteiger charge is -2.33. The molecule has 0 spiro atoms. The van der Waals surface area contributed by atoms with E-state index in [4.69, 9.17) is 20.9 Å². The summed E-state index contributed by atoms with van der Waals surface area (Å²) in [6.07, 6.45) is 0. The van der Waals surface area contributed by atoms with Gasteiger partial charge in [-0.15, -0.1) is 5.10 Å². The van der Waals surface area contributed by atoms with E-state index in [0.29, 0.717) is 55.3 Å². The number of carbonyl (C=O) groups excluding carboxylic acids is 1. The van der Waals surface area contributed by atoms with Gasteiger partial charge >= 0.3 is 0 Å². The number of nitrogens with zero attached hydrogens (tertiary/aromatic N) is 7. The van der Waals surface area contributed by atoms with Gasteiger partial charge in [0.25, 0.3) is 5.91 Å². The Morgan fingerprint density at radius 3 is 2.43 bits per heavy atom. The number of halogens is 1. The van der Waals surface area contributed by atoms with Crippen LogP contribution in [0.5, 0.6) is 5.75 Å². The number of ether oxygens (including phenoxy) is 1. The van der Waals surface area contributed by atoms with Crippen LogP contribution in [0.4, 0.5) is 0 Å². The van der Waals surface area contributed by atoms with Gasteiger partial charge in [-0.05, 0) is 55.5 Å². The van der Waals surface area contributed by atoms with Crippen molar-refractivity contribution in [3.05, 3.63) is 71.1 Å². The molecule has 1 amide bonds. The molecule has 35 heavy (non-hydrogen) atoms. The van der Waals surface area contributed by atoms with E-state index in [1.165, 1.54) is 0 Å². The highest BCUT2D eigenvalue weighted by Gasteiger charge is 2.26. The van der Waals surface area contributed by atoms with Crippen LogP contribution in [0.2, 0.25) is 5.02 Å². The second kappa shape index (κ2) is 9.85. The Kier molecular flexibility index (Phi) is 6.47. The van der Waals surface area contributed by atoms with Crippen LogP contribution in [-0.2, 0) is 6.54 Å². The number of rotatable bonds is 6. The van der Waals surface area contributed by atoms with Crippen molar-refractivity contribution in [2.45, 2.75) is 13.5 Å². The van der Waals surface area contributed by atoms with E-state index < -0.39 is 0 Å². The van der Waals surface area contributed by atoms with E-state index in [2.05, 4.69) is 25.1 Å². The highest BCUT2D eigenvalue weighted by molar-refractivity contribution is 6.30. The van der Waals surface area contributed by atoms with Gasteiger partial charge in [0, 0.05) is 36.8 Å². The molecule has 0 aliphatic carbocycles. The average molecular weight is 494 g/mol. The van der Waals surface area contributed by atoms with Crippen molar-refractivity contribution in [3.63, 3.8) is 0 Å².